The Labute approximate surface area is 198 Å². The number of ether oxygens (including phenoxy) is 4. The Balaban J connectivity index is 1.34. The number of hydrogen-bond acceptors (Lipinski definition) is 8. The van der Waals surface area contributed by atoms with E-state index in [1.165, 1.54) is 28.6 Å². The van der Waals surface area contributed by atoms with Crippen LogP contribution in [0.25, 0.3) is 0 Å². The summed E-state index contributed by atoms with van der Waals surface area (Å²) >= 11 is 0. The van der Waals surface area contributed by atoms with Crippen LogP contribution in [0.2, 0.25) is 0 Å². The van der Waals surface area contributed by atoms with Crippen LogP contribution in [0, 0.1) is 0 Å². The summed E-state index contributed by atoms with van der Waals surface area (Å²) in [4.78, 5) is 25.2. The molecule has 9 nitrogen and oxygen atoms in total. The number of carbonyl (C=O) groups excluding carboxylic acids is 2. The fourth-order valence-electron chi connectivity index (χ4n) is 3.76. The lowest BCUT2D eigenvalue weighted by Gasteiger charge is -2.26. The van der Waals surface area contributed by atoms with Crippen LogP contribution in [0.5, 0.6) is 5.75 Å². The second-order valence-corrected chi connectivity index (χ2v) is 9.92. The van der Waals surface area contributed by atoms with Crippen LogP contribution in [0.15, 0.2) is 53.4 Å². The molecule has 0 bridgehead atoms. The van der Waals surface area contributed by atoms with Gasteiger partial charge in [0.2, 0.25) is 10.0 Å². The van der Waals surface area contributed by atoms with Gasteiger partial charge in [0.15, 0.2) is 12.4 Å². The Kier molecular flexibility index (Phi) is 7.94. The maximum absolute atomic E-state index is 12.7. The van der Waals surface area contributed by atoms with Crippen LogP contribution in [-0.4, -0.2) is 76.7 Å². The molecule has 0 radical (unpaired) electrons. The molecule has 2 aliphatic rings. The topological polar surface area (TPSA) is 108 Å². The second-order valence-electron chi connectivity index (χ2n) is 7.98. The van der Waals surface area contributed by atoms with Gasteiger partial charge < -0.3 is 18.9 Å². The second kappa shape index (κ2) is 11.1. The smallest absolute Gasteiger partial charge is 0.342 e. The Hall–Kier alpha value is -2.79. The van der Waals surface area contributed by atoms with E-state index in [-0.39, 0.29) is 35.2 Å². The van der Waals surface area contributed by atoms with Crippen LogP contribution in [0.1, 0.15) is 33.6 Å². The Bertz CT molecular complexity index is 1100. The minimum Gasteiger partial charge on any atom is -0.490 e. The summed E-state index contributed by atoms with van der Waals surface area (Å²) in [6, 6.07) is 12.3. The molecule has 4 rings (SSSR count). The molecule has 2 fully saturated rings. The number of esters is 1. The maximum Gasteiger partial charge on any atom is 0.342 e. The van der Waals surface area contributed by atoms with Crippen molar-refractivity contribution in [1.82, 2.24) is 4.31 Å². The molecule has 0 aliphatic carbocycles. The van der Waals surface area contributed by atoms with Gasteiger partial charge in [-0.25, -0.2) is 13.2 Å². The van der Waals surface area contributed by atoms with E-state index in [1.54, 1.807) is 24.3 Å². The van der Waals surface area contributed by atoms with Crippen molar-refractivity contribution in [1.29, 1.82) is 0 Å². The van der Waals surface area contributed by atoms with Crippen molar-refractivity contribution in [2.24, 2.45) is 0 Å². The number of Topliss-reactive ketones (excluding diaryl/α,β-unsaturated/α-hetero) is 1. The number of hydrogen-bond donors (Lipinski definition) is 0. The number of carbonyl (C=O) groups is 2. The Morgan fingerprint density at radius 2 is 1.74 bits per heavy atom. The zero-order valence-corrected chi connectivity index (χ0v) is 19.5. The van der Waals surface area contributed by atoms with Crippen molar-refractivity contribution < 1.29 is 37.0 Å². The molecular formula is C24H27NO8S. The fraction of sp³-hybridized carbons (Fsp3) is 0.417. The predicted molar refractivity (Wildman–Crippen MR) is 122 cm³/mol. The maximum atomic E-state index is 12.7. The predicted octanol–water partition coefficient (Wildman–Crippen LogP) is 2.31. The van der Waals surface area contributed by atoms with Gasteiger partial charge in [0.1, 0.15) is 17.9 Å². The zero-order chi connectivity index (χ0) is 24.0. The first kappa shape index (κ1) is 24.3. The first-order valence-corrected chi connectivity index (χ1v) is 12.6. The van der Waals surface area contributed by atoms with Crippen LogP contribution in [-0.2, 0) is 24.2 Å². The van der Waals surface area contributed by atoms with Gasteiger partial charge in [-0.1, -0.05) is 12.1 Å². The number of para-hydroxylation sites is 1. The highest BCUT2D eigenvalue weighted by Crippen LogP contribution is 2.22. The van der Waals surface area contributed by atoms with Crippen LogP contribution in [0.3, 0.4) is 0 Å². The molecule has 10 heteroatoms. The normalized spacial score (nSPS) is 19.0. The SMILES string of the molecule is O=C(COC(=O)c1ccccc1OCC1CCCO1)c1ccc(S(=O)(=O)N2CCOCC2)cc1. The van der Waals surface area contributed by atoms with Crippen molar-refractivity contribution in [2.45, 2.75) is 23.8 Å². The van der Waals surface area contributed by atoms with Gasteiger partial charge in [-0.05, 0) is 49.2 Å². The third-order valence-corrected chi connectivity index (χ3v) is 7.59. The molecule has 0 saturated carbocycles. The summed E-state index contributed by atoms with van der Waals surface area (Å²) in [6.45, 7) is 1.85. The molecular weight excluding hydrogens is 462 g/mol. The molecule has 1 atom stereocenters. The summed E-state index contributed by atoms with van der Waals surface area (Å²) in [5.41, 5.74) is 0.469. The van der Waals surface area contributed by atoms with Gasteiger partial charge in [-0.2, -0.15) is 4.31 Å². The van der Waals surface area contributed by atoms with Crippen LogP contribution < -0.4 is 4.74 Å². The van der Waals surface area contributed by atoms with Crippen LogP contribution in [0.4, 0.5) is 0 Å². The van der Waals surface area contributed by atoms with E-state index in [1.807, 2.05) is 0 Å². The molecule has 34 heavy (non-hydrogen) atoms. The summed E-state index contributed by atoms with van der Waals surface area (Å²) in [5, 5.41) is 0. The molecule has 0 spiro atoms. The molecule has 0 N–H and O–H groups in total. The number of benzene rings is 2. The first-order chi connectivity index (χ1) is 16.4. The van der Waals surface area contributed by atoms with Crippen molar-refractivity contribution >= 4 is 21.8 Å². The Morgan fingerprint density at radius 1 is 1.00 bits per heavy atom. The minimum atomic E-state index is -3.65. The highest BCUT2D eigenvalue weighted by atomic mass is 32.2. The molecule has 2 saturated heterocycles. The number of nitrogens with zero attached hydrogens (tertiary/aromatic N) is 1. The molecule has 1 unspecified atom stereocenters. The number of rotatable bonds is 9. The van der Waals surface area contributed by atoms with Gasteiger partial charge in [-0.15, -0.1) is 0 Å². The number of ketones is 1. The molecule has 2 aromatic rings. The molecule has 0 aromatic heterocycles. The average Bonchev–Trinajstić information content (AvgIpc) is 3.40. The van der Waals surface area contributed by atoms with Gasteiger partial charge in [-0.3, -0.25) is 4.79 Å². The van der Waals surface area contributed by atoms with E-state index in [4.69, 9.17) is 18.9 Å². The summed E-state index contributed by atoms with van der Waals surface area (Å²) < 4.78 is 48.5. The third kappa shape index (κ3) is 5.82. The van der Waals surface area contributed by atoms with Gasteiger partial charge in [0, 0.05) is 25.3 Å². The molecule has 182 valence electrons. The van der Waals surface area contributed by atoms with Crippen LogP contribution >= 0.6 is 0 Å². The van der Waals surface area contributed by atoms with E-state index >= 15 is 0 Å². The molecule has 0 amide bonds. The quantitative estimate of drug-likeness (QED) is 0.390. The third-order valence-electron chi connectivity index (χ3n) is 5.67. The molecule has 2 heterocycles. The van der Waals surface area contributed by atoms with E-state index in [2.05, 4.69) is 0 Å². The summed E-state index contributed by atoms with van der Waals surface area (Å²) in [7, 11) is -3.65. The molecule has 2 aliphatic heterocycles. The largest absolute Gasteiger partial charge is 0.490 e. The average molecular weight is 490 g/mol. The fourth-order valence-corrected chi connectivity index (χ4v) is 5.17. The van der Waals surface area contributed by atoms with Crippen molar-refractivity contribution in [2.75, 3.05) is 46.1 Å². The van der Waals surface area contributed by atoms with E-state index in [0.717, 1.165) is 12.8 Å². The zero-order valence-electron chi connectivity index (χ0n) is 18.7. The monoisotopic (exact) mass is 489 g/mol. The standard InChI is InChI=1S/C24H27NO8S/c26-22(18-7-9-20(10-8-18)34(28,29)25-11-14-30-15-12-25)17-33-24(27)21-5-1-2-6-23(21)32-16-19-4-3-13-31-19/h1-2,5-10,19H,3-4,11-17H2. The number of sulfonamides is 1. The van der Waals surface area contributed by atoms with Gasteiger partial charge in [0.25, 0.3) is 0 Å². The van der Waals surface area contributed by atoms with Crippen molar-refractivity contribution in [3.8, 4) is 5.75 Å². The number of morpholine rings is 1. The van der Waals surface area contributed by atoms with Crippen molar-refractivity contribution in [3.63, 3.8) is 0 Å². The lowest BCUT2D eigenvalue weighted by atomic mass is 10.1. The minimum absolute atomic E-state index is 0.000636. The van der Waals surface area contributed by atoms with Gasteiger partial charge >= 0.3 is 5.97 Å². The molecule has 2 aromatic carbocycles. The first-order valence-electron chi connectivity index (χ1n) is 11.2. The van der Waals surface area contributed by atoms with E-state index < -0.39 is 28.4 Å². The summed E-state index contributed by atoms with van der Waals surface area (Å²) in [5.74, 6) is -0.752. The van der Waals surface area contributed by atoms with Crippen molar-refractivity contribution in [3.05, 3.63) is 59.7 Å². The van der Waals surface area contributed by atoms with E-state index in [0.29, 0.717) is 32.2 Å². The van der Waals surface area contributed by atoms with E-state index in [9.17, 15) is 18.0 Å². The Morgan fingerprint density at radius 3 is 2.44 bits per heavy atom. The lowest BCUT2D eigenvalue weighted by Crippen LogP contribution is -2.40. The highest BCUT2D eigenvalue weighted by molar-refractivity contribution is 7.89. The lowest BCUT2D eigenvalue weighted by molar-refractivity contribution is 0.0459. The summed E-state index contributed by atoms with van der Waals surface area (Å²) in [6.07, 6.45) is 1.90. The van der Waals surface area contributed by atoms with Gasteiger partial charge in [0.05, 0.1) is 24.2 Å². The highest BCUT2D eigenvalue weighted by Gasteiger charge is 2.26.